The lowest BCUT2D eigenvalue weighted by Gasteiger charge is -2.27. The number of amides is 1. The zero-order valence-corrected chi connectivity index (χ0v) is 20.1. The molecule has 0 saturated carbocycles. The van der Waals surface area contributed by atoms with E-state index in [1.54, 1.807) is 23.4 Å². The van der Waals surface area contributed by atoms with Crippen molar-refractivity contribution in [3.63, 3.8) is 0 Å². The number of nitrogens with zero attached hydrogens (tertiary/aromatic N) is 1. The maximum absolute atomic E-state index is 13.6. The van der Waals surface area contributed by atoms with Crippen LogP contribution in [0, 0.1) is 0 Å². The van der Waals surface area contributed by atoms with Gasteiger partial charge in [-0.05, 0) is 69.0 Å². The maximum atomic E-state index is 13.6. The number of nitrogens with one attached hydrogen (secondary N) is 1. The number of hydrogen-bond donors (Lipinski definition) is 1. The first-order chi connectivity index (χ1) is 15.4. The summed E-state index contributed by atoms with van der Waals surface area (Å²) in [6.45, 7) is 2.61. The normalized spacial score (nSPS) is 20.7. The molecule has 1 unspecified atom stereocenters. The van der Waals surface area contributed by atoms with E-state index in [9.17, 15) is 13.8 Å². The molecule has 0 spiro atoms. The van der Waals surface area contributed by atoms with E-state index in [-0.39, 0.29) is 18.5 Å². The highest BCUT2D eigenvalue weighted by atomic mass is 32.2. The molecule has 2 atom stereocenters. The lowest BCUT2D eigenvalue weighted by Crippen LogP contribution is -2.43. The average molecular weight is 475 g/mol. The van der Waals surface area contributed by atoms with Crippen molar-refractivity contribution in [3.8, 4) is 0 Å². The number of rotatable bonds is 6. The van der Waals surface area contributed by atoms with Crippen LogP contribution in [0.25, 0.3) is 0 Å². The minimum atomic E-state index is -2.78. The third-order valence-corrected chi connectivity index (χ3v) is 9.54. The Labute approximate surface area is 194 Å². The van der Waals surface area contributed by atoms with Gasteiger partial charge in [-0.25, -0.2) is 13.3 Å². The zero-order chi connectivity index (χ0) is 22.7. The van der Waals surface area contributed by atoms with E-state index >= 15 is 0 Å². The summed E-state index contributed by atoms with van der Waals surface area (Å²) < 4.78 is 20.6. The Bertz CT molecular complexity index is 1090. The first-order valence-electron chi connectivity index (χ1n) is 11.2. The predicted octanol–water partition coefficient (Wildman–Crippen LogP) is 4.29. The SMILES string of the molecule is C=S(=O)(c1ccccc1)N1CCC[C@@H]1C(=O)Nc1sc2c(c1C(=O)OCC)CCCCC2. The Morgan fingerprint density at radius 2 is 1.94 bits per heavy atom. The number of ether oxygens (including phenoxy) is 1. The molecule has 1 amide bonds. The quantitative estimate of drug-likeness (QED) is 0.385. The smallest absolute Gasteiger partial charge is 0.341 e. The van der Waals surface area contributed by atoms with Gasteiger partial charge >= 0.3 is 5.97 Å². The Hall–Kier alpha value is -2.16. The first-order valence-corrected chi connectivity index (χ1v) is 13.7. The molecule has 8 heteroatoms. The van der Waals surface area contributed by atoms with E-state index in [0.717, 1.165) is 49.0 Å². The number of carbonyl (C=O) groups is 2. The van der Waals surface area contributed by atoms with Gasteiger partial charge in [0.15, 0.2) is 0 Å². The van der Waals surface area contributed by atoms with Gasteiger partial charge in [0.2, 0.25) is 5.91 Å². The van der Waals surface area contributed by atoms with Crippen molar-refractivity contribution in [3.05, 3.63) is 46.3 Å². The van der Waals surface area contributed by atoms with Crippen LogP contribution in [0.15, 0.2) is 35.2 Å². The average Bonchev–Trinajstić information content (AvgIpc) is 3.34. The molecule has 1 N–H and O–H groups in total. The van der Waals surface area contributed by atoms with Crippen molar-refractivity contribution >= 4 is 43.8 Å². The molecule has 1 aliphatic heterocycles. The maximum Gasteiger partial charge on any atom is 0.341 e. The lowest BCUT2D eigenvalue weighted by molar-refractivity contribution is -0.119. The van der Waals surface area contributed by atoms with E-state index in [1.807, 2.05) is 18.2 Å². The summed E-state index contributed by atoms with van der Waals surface area (Å²) in [6.07, 6.45) is 6.36. The van der Waals surface area contributed by atoms with E-state index in [1.165, 1.54) is 11.3 Å². The van der Waals surface area contributed by atoms with Gasteiger partial charge in [-0.3, -0.25) is 4.79 Å². The summed E-state index contributed by atoms with van der Waals surface area (Å²) in [6, 6.07) is 8.54. The third-order valence-electron chi connectivity index (χ3n) is 6.13. The molecule has 4 rings (SSSR count). The number of benzene rings is 1. The lowest BCUT2D eigenvalue weighted by atomic mass is 10.1. The van der Waals surface area contributed by atoms with Gasteiger partial charge in [0, 0.05) is 16.3 Å². The van der Waals surface area contributed by atoms with Crippen LogP contribution in [0.2, 0.25) is 0 Å². The minimum absolute atomic E-state index is 0.239. The second-order valence-electron chi connectivity index (χ2n) is 8.23. The van der Waals surface area contributed by atoms with Crippen molar-refractivity contribution in [2.75, 3.05) is 18.5 Å². The van der Waals surface area contributed by atoms with Crippen molar-refractivity contribution in [1.82, 2.24) is 4.31 Å². The Morgan fingerprint density at radius 1 is 1.19 bits per heavy atom. The summed E-state index contributed by atoms with van der Waals surface area (Å²) in [7, 11) is -2.78. The van der Waals surface area contributed by atoms with Crippen LogP contribution in [0.4, 0.5) is 5.00 Å². The molecule has 2 aliphatic rings. The van der Waals surface area contributed by atoms with E-state index in [2.05, 4.69) is 11.2 Å². The largest absolute Gasteiger partial charge is 0.462 e. The summed E-state index contributed by atoms with van der Waals surface area (Å²) in [5.74, 6) is 3.38. The fourth-order valence-electron chi connectivity index (χ4n) is 4.57. The first kappa shape index (κ1) is 23.0. The number of anilines is 1. The number of fused-ring (bicyclic) bond motifs is 1. The molecule has 0 radical (unpaired) electrons. The number of thiophene rings is 1. The van der Waals surface area contributed by atoms with Crippen LogP contribution in [0.3, 0.4) is 0 Å². The fourth-order valence-corrected chi connectivity index (χ4v) is 7.74. The second-order valence-corrected chi connectivity index (χ2v) is 11.6. The molecule has 0 bridgehead atoms. The van der Waals surface area contributed by atoms with Crippen molar-refractivity contribution in [2.45, 2.75) is 62.8 Å². The molecule has 2 aromatic rings. The molecule has 6 nitrogen and oxygen atoms in total. The molecule has 1 fully saturated rings. The number of esters is 1. The summed E-state index contributed by atoms with van der Waals surface area (Å²) in [4.78, 5) is 27.9. The van der Waals surface area contributed by atoms with Gasteiger partial charge < -0.3 is 10.1 Å². The molecular formula is C24H30N2O4S2. The molecule has 1 aromatic carbocycles. The van der Waals surface area contributed by atoms with Crippen LogP contribution >= 0.6 is 11.3 Å². The molecule has 32 heavy (non-hydrogen) atoms. The van der Waals surface area contributed by atoms with Crippen LogP contribution in [0.1, 0.15) is 59.8 Å². The molecule has 1 aromatic heterocycles. The van der Waals surface area contributed by atoms with E-state index in [4.69, 9.17) is 4.74 Å². The molecular weight excluding hydrogens is 444 g/mol. The fraction of sp³-hybridized carbons (Fsp3) is 0.458. The van der Waals surface area contributed by atoms with Gasteiger partial charge in [0.05, 0.1) is 21.9 Å². The summed E-state index contributed by atoms with van der Waals surface area (Å²) in [5, 5.41) is 3.56. The topological polar surface area (TPSA) is 75.7 Å². The van der Waals surface area contributed by atoms with Crippen LogP contribution in [0.5, 0.6) is 0 Å². The predicted molar refractivity (Wildman–Crippen MR) is 130 cm³/mol. The molecule has 2 heterocycles. The molecule has 172 valence electrons. The van der Waals surface area contributed by atoms with Crippen molar-refractivity contribution in [1.29, 1.82) is 0 Å². The molecule has 1 saturated heterocycles. The highest BCUT2D eigenvalue weighted by Crippen LogP contribution is 2.38. The van der Waals surface area contributed by atoms with Crippen molar-refractivity contribution in [2.24, 2.45) is 0 Å². The number of carbonyl (C=O) groups excluding carboxylic acids is 2. The highest BCUT2D eigenvalue weighted by molar-refractivity contribution is 7.98. The Balaban J connectivity index is 1.61. The summed E-state index contributed by atoms with van der Waals surface area (Å²) >= 11 is 1.48. The van der Waals surface area contributed by atoms with Crippen molar-refractivity contribution < 1.29 is 18.5 Å². The van der Waals surface area contributed by atoms with Gasteiger partial charge in [-0.15, -0.1) is 11.3 Å². The van der Waals surface area contributed by atoms with Crippen LogP contribution in [-0.2, 0) is 32.1 Å². The Morgan fingerprint density at radius 3 is 2.69 bits per heavy atom. The standard InChI is InChI=1S/C24H30N2O4S2/c1-3-30-24(28)21-18-13-8-5-9-15-20(18)31-23(21)25-22(27)19-14-10-16-26(19)32(2,29)17-11-6-4-7-12-17/h4,6-7,11-12,19H,2-3,5,8-10,13-16H2,1H3,(H,25,27)/t19-,32?/m1/s1. The highest BCUT2D eigenvalue weighted by Gasteiger charge is 2.37. The zero-order valence-electron chi connectivity index (χ0n) is 18.4. The van der Waals surface area contributed by atoms with Gasteiger partial charge in [0.25, 0.3) is 0 Å². The second kappa shape index (κ2) is 9.77. The van der Waals surface area contributed by atoms with Crippen LogP contribution in [-0.4, -0.2) is 45.5 Å². The van der Waals surface area contributed by atoms with Crippen LogP contribution < -0.4 is 5.32 Å². The Kier molecular flexibility index (Phi) is 7.02. The van der Waals surface area contributed by atoms with E-state index < -0.39 is 15.7 Å². The summed E-state index contributed by atoms with van der Waals surface area (Å²) in [5.41, 5.74) is 1.53. The van der Waals surface area contributed by atoms with Gasteiger partial charge in [0.1, 0.15) is 11.0 Å². The minimum Gasteiger partial charge on any atom is -0.462 e. The van der Waals surface area contributed by atoms with E-state index in [0.29, 0.717) is 28.4 Å². The number of hydrogen-bond acceptors (Lipinski definition) is 5. The van der Waals surface area contributed by atoms with Gasteiger partial charge in [-0.2, -0.15) is 0 Å². The molecule has 1 aliphatic carbocycles. The third kappa shape index (κ3) is 4.49. The monoisotopic (exact) mass is 474 g/mol. The van der Waals surface area contributed by atoms with Gasteiger partial charge in [-0.1, -0.05) is 24.6 Å². The number of aryl methyl sites for hydroxylation is 1.